The van der Waals surface area contributed by atoms with E-state index in [4.69, 9.17) is 0 Å². The summed E-state index contributed by atoms with van der Waals surface area (Å²) in [7, 11) is -0.892. The van der Waals surface area contributed by atoms with E-state index in [1.807, 2.05) is 24.3 Å². The molecule has 0 bridgehead atoms. The third-order valence-corrected chi connectivity index (χ3v) is 12.5. The fourth-order valence-electron chi connectivity index (χ4n) is 5.42. The molecule has 0 atom stereocenters. The molecule has 0 aliphatic rings. The maximum atomic E-state index is 3.15. The number of hydrogen-bond acceptors (Lipinski definition) is 0. The second kappa shape index (κ2) is 19.4. The topological polar surface area (TPSA) is 0 Å². The maximum absolute atomic E-state index is 3.15. The van der Waals surface area contributed by atoms with Crippen LogP contribution in [0.1, 0.15) is 0 Å². The van der Waals surface area contributed by atoms with Gasteiger partial charge in [-0.1, -0.05) is 194 Å². The fraction of sp³-hybridized carbons (Fsp3) is 0. The summed E-state index contributed by atoms with van der Waals surface area (Å²) in [6.45, 7) is 0. The second-order valence-corrected chi connectivity index (χ2v) is 15.4. The van der Waals surface area contributed by atoms with Gasteiger partial charge in [0, 0.05) is 16.5 Å². The van der Waals surface area contributed by atoms with Crippen molar-refractivity contribution >= 4 is 58.4 Å². The van der Waals surface area contributed by atoms with Crippen molar-refractivity contribution in [1.82, 2.24) is 0 Å². The van der Waals surface area contributed by atoms with Crippen LogP contribution in [0.4, 0.5) is 0 Å². The van der Waals surface area contributed by atoms with E-state index < -0.39 is 15.8 Å². The van der Waals surface area contributed by atoms with Crippen LogP contribution >= 0.6 is 15.8 Å². The summed E-state index contributed by atoms with van der Waals surface area (Å²) in [5.41, 5.74) is 0. The van der Waals surface area contributed by atoms with E-state index in [1.54, 1.807) is 0 Å². The van der Waals surface area contributed by atoms with E-state index in [0.717, 1.165) is 0 Å². The smallest absolute Gasteiger partial charge is 0 e. The molecule has 0 saturated carbocycles. The molecule has 8 aromatic rings. The van der Waals surface area contributed by atoms with Gasteiger partial charge in [-0.25, -0.2) is 0 Å². The molecule has 0 aliphatic heterocycles. The van der Waals surface area contributed by atoms with E-state index in [9.17, 15) is 0 Å². The average Bonchev–Trinajstić information content (AvgIpc) is 3.18. The summed E-state index contributed by atoms with van der Waals surface area (Å²) >= 11 is 0. The van der Waals surface area contributed by atoms with Crippen LogP contribution in [0.3, 0.4) is 0 Å². The van der Waals surface area contributed by atoms with Gasteiger partial charge in [-0.15, -0.1) is 47.2 Å². The van der Waals surface area contributed by atoms with E-state index in [1.165, 1.54) is 42.6 Å². The molecule has 49 heavy (non-hydrogen) atoms. The summed E-state index contributed by atoms with van der Waals surface area (Å²) in [6, 6.07) is 82.0. The van der Waals surface area contributed by atoms with Crippen molar-refractivity contribution in [3.05, 3.63) is 231 Å². The van der Waals surface area contributed by atoms with E-state index >= 15 is 0 Å². The van der Waals surface area contributed by atoms with Gasteiger partial charge < -0.3 is 0 Å². The average molecular weight is 710 g/mol. The zero-order valence-corrected chi connectivity index (χ0v) is 29.8. The van der Waals surface area contributed by atoms with Gasteiger partial charge in [-0.3, -0.25) is 0 Å². The minimum Gasteiger partial charge on any atom is -0.147 e. The van der Waals surface area contributed by atoms with E-state index in [2.05, 4.69) is 206 Å². The van der Waals surface area contributed by atoms with Crippen LogP contribution in [0, 0.1) is 6.07 Å². The number of fused-ring (bicyclic) bond motifs is 1. The van der Waals surface area contributed by atoms with Gasteiger partial charge in [-0.2, -0.15) is 0 Å². The third-order valence-electron chi connectivity index (χ3n) is 7.66. The molecule has 0 heterocycles. The minimum atomic E-state index is -0.446. The van der Waals surface area contributed by atoms with Gasteiger partial charge >= 0.3 is 0 Å². The van der Waals surface area contributed by atoms with Crippen molar-refractivity contribution in [1.29, 1.82) is 0 Å². The van der Waals surface area contributed by atoms with Crippen LogP contribution < -0.4 is 31.8 Å². The Bertz CT molecular complexity index is 1690. The van der Waals surface area contributed by atoms with Gasteiger partial charge in [0.1, 0.15) is 0 Å². The Hall–Kier alpha value is -4.63. The Kier molecular flexibility index (Phi) is 14.1. The predicted molar refractivity (Wildman–Crippen MR) is 213 cm³/mol. The number of hydrogen-bond donors (Lipinski definition) is 0. The van der Waals surface area contributed by atoms with Crippen molar-refractivity contribution in [3.63, 3.8) is 0 Å². The Labute approximate surface area is 304 Å². The summed E-state index contributed by atoms with van der Waals surface area (Å²) in [5, 5.41) is 10.8. The van der Waals surface area contributed by atoms with Crippen molar-refractivity contribution in [3.8, 4) is 0 Å². The van der Waals surface area contributed by atoms with Gasteiger partial charge in [0.15, 0.2) is 0 Å². The van der Waals surface area contributed by atoms with Gasteiger partial charge in [0.05, 0.1) is 0 Å². The summed E-state index contributed by atoms with van der Waals surface area (Å²) in [5.74, 6) is 0. The molecule has 0 nitrogen and oxygen atoms in total. The Morgan fingerprint density at radius 3 is 0.796 bits per heavy atom. The number of rotatable bonds is 6. The van der Waals surface area contributed by atoms with Crippen LogP contribution in [0.2, 0.25) is 0 Å². The standard InChI is InChI=1S/2C18H15P.C10H7.Ni/c2*1-4-10-16(11-5-1)19(17-12-6-2-7-13-17)18-14-8-3-9-15-18;1-2-6-10-8-4-3-7-9(10)5-1;/h2*1-15H;1-7H;/q;;-1;. The molecule has 242 valence electrons. The first-order chi connectivity index (χ1) is 23.9. The normalized spacial score (nSPS) is 10.2. The van der Waals surface area contributed by atoms with Crippen LogP contribution in [0.25, 0.3) is 10.8 Å². The molecule has 3 heteroatoms. The first-order valence-corrected chi connectivity index (χ1v) is 18.8. The Balaban J connectivity index is 0.000000149. The molecule has 0 N–H and O–H groups in total. The molecule has 0 spiro atoms. The predicted octanol–water partition coefficient (Wildman–Crippen LogP) is 9.53. The van der Waals surface area contributed by atoms with Crippen LogP contribution in [-0.2, 0) is 16.5 Å². The van der Waals surface area contributed by atoms with Gasteiger partial charge in [0.2, 0.25) is 0 Å². The molecule has 0 unspecified atom stereocenters. The molecule has 0 aromatic heterocycles. The first kappa shape index (κ1) is 35.7. The van der Waals surface area contributed by atoms with Crippen molar-refractivity contribution in [2.24, 2.45) is 0 Å². The largest absolute Gasteiger partial charge is 0.147 e. The SMILES string of the molecule is [Ni].[c-]1cccc2ccccc12.c1ccc(P(c2ccccc2)c2ccccc2)cc1.c1ccc(P(c2ccccc2)c2ccccc2)cc1. The van der Waals surface area contributed by atoms with Crippen LogP contribution in [0.15, 0.2) is 224 Å². The quantitative estimate of drug-likeness (QED) is 0.0917. The van der Waals surface area contributed by atoms with Crippen molar-refractivity contribution in [2.45, 2.75) is 0 Å². The third kappa shape index (κ3) is 10.2. The van der Waals surface area contributed by atoms with Gasteiger partial charge in [-0.05, 0) is 47.7 Å². The minimum absolute atomic E-state index is 0. The van der Waals surface area contributed by atoms with E-state index in [-0.39, 0.29) is 16.5 Å². The molecule has 0 aliphatic carbocycles. The molecule has 0 fully saturated rings. The Morgan fingerprint density at radius 1 is 0.265 bits per heavy atom. The molecule has 8 aromatic carbocycles. The molecule has 8 rings (SSSR count). The fourth-order valence-corrected chi connectivity index (χ4v) is 10.0. The second-order valence-electron chi connectivity index (χ2n) is 10.9. The molecule has 0 amide bonds. The molecular formula is C46H37NiP2-. The maximum Gasteiger partial charge on any atom is 0 e. The van der Waals surface area contributed by atoms with E-state index in [0.29, 0.717) is 0 Å². The monoisotopic (exact) mass is 709 g/mol. The molecule has 0 radical (unpaired) electrons. The van der Waals surface area contributed by atoms with Crippen molar-refractivity contribution in [2.75, 3.05) is 0 Å². The van der Waals surface area contributed by atoms with Crippen molar-refractivity contribution < 1.29 is 16.5 Å². The molecule has 0 saturated heterocycles. The Morgan fingerprint density at radius 2 is 0.510 bits per heavy atom. The number of benzene rings is 8. The summed E-state index contributed by atoms with van der Waals surface area (Å²) in [6.07, 6.45) is 0. The summed E-state index contributed by atoms with van der Waals surface area (Å²) in [4.78, 5) is 0. The first-order valence-electron chi connectivity index (χ1n) is 16.1. The van der Waals surface area contributed by atoms with Crippen LogP contribution in [-0.4, -0.2) is 0 Å². The zero-order chi connectivity index (χ0) is 32.6. The zero-order valence-electron chi connectivity index (χ0n) is 27.1. The molecular weight excluding hydrogens is 673 g/mol. The van der Waals surface area contributed by atoms with Crippen LogP contribution in [0.5, 0.6) is 0 Å². The van der Waals surface area contributed by atoms with Gasteiger partial charge in [0.25, 0.3) is 0 Å². The summed E-state index contributed by atoms with van der Waals surface area (Å²) < 4.78 is 0.